The van der Waals surface area contributed by atoms with Crippen molar-refractivity contribution in [2.24, 2.45) is 5.92 Å². The van der Waals surface area contributed by atoms with Crippen LogP contribution in [0.3, 0.4) is 0 Å². The summed E-state index contributed by atoms with van der Waals surface area (Å²) in [7, 11) is 1.35. The number of benzene rings is 1. The van der Waals surface area contributed by atoms with Gasteiger partial charge in [-0.05, 0) is 56.4 Å². The highest BCUT2D eigenvalue weighted by atomic mass is 16.7. The Morgan fingerprint density at radius 1 is 1.16 bits per heavy atom. The maximum absolute atomic E-state index is 13.0. The van der Waals surface area contributed by atoms with Crippen molar-refractivity contribution >= 4 is 11.9 Å². The normalized spacial score (nSPS) is 23.7. The summed E-state index contributed by atoms with van der Waals surface area (Å²) >= 11 is 0. The number of aliphatic hydroxyl groups excluding tert-OH is 1. The van der Waals surface area contributed by atoms with E-state index in [1.165, 1.54) is 13.5 Å². The van der Waals surface area contributed by atoms with E-state index in [0.29, 0.717) is 25.0 Å². The van der Waals surface area contributed by atoms with E-state index in [9.17, 15) is 14.7 Å². The first-order valence-electron chi connectivity index (χ1n) is 11.7. The molecule has 1 aliphatic carbocycles. The number of hydrogen-bond donors (Lipinski definition) is 2. The van der Waals surface area contributed by atoms with Crippen LogP contribution in [0.1, 0.15) is 73.7 Å². The monoisotopic (exact) mass is 445 g/mol. The first kappa shape index (κ1) is 24.3. The summed E-state index contributed by atoms with van der Waals surface area (Å²) in [5.74, 6) is -0.548. The summed E-state index contributed by atoms with van der Waals surface area (Å²) in [5, 5.41) is 12.5. The molecule has 0 saturated heterocycles. The zero-order valence-electron chi connectivity index (χ0n) is 19.0. The quantitative estimate of drug-likeness (QED) is 0.563. The predicted molar refractivity (Wildman–Crippen MR) is 120 cm³/mol. The zero-order chi connectivity index (χ0) is 22.9. The molecule has 2 aliphatic rings. The molecular weight excluding hydrogens is 410 g/mol. The van der Waals surface area contributed by atoms with E-state index in [0.717, 1.165) is 31.2 Å². The Labute approximate surface area is 190 Å². The largest absolute Gasteiger partial charge is 0.465 e. The first-order chi connectivity index (χ1) is 15.6. The van der Waals surface area contributed by atoms with Gasteiger partial charge in [-0.3, -0.25) is 4.79 Å². The van der Waals surface area contributed by atoms with E-state index >= 15 is 0 Å². The SMILES string of the molecule is CCO[C@@H]1OC(C(=O)NC2CCCCC2)=C[C@H](c2ccc(C(=O)OC)cc2)[C@@H]1CCCO. The molecule has 1 saturated carbocycles. The van der Waals surface area contributed by atoms with E-state index < -0.39 is 12.3 Å². The van der Waals surface area contributed by atoms with E-state index in [4.69, 9.17) is 14.2 Å². The number of carbonyl (C=O) groups is 2. The Morgan fingerprint density at radius 2 is 1.88 bits per heavy atom. The van der Waals surface area contributed by atoms with Crippen LogP contribution in [0.2, 0.25) is 0 Å². The molecule has 0 bridgehead atoms. The van der Waals surface area contributed by atoms with Gasteiger partial charge in [0.05, 0.1) is 12.7 Å². The van der Waals surface area contributed by atoms with Crippen molar-refractivity contribution in [3.63, 3.8) is 0 Å². The van der Waals surface area contributed by atoms with Crippen LogP contribution in [0, 0.1) is 5.92 Å². The molecule has 1 fully saturated rings. The Bertz CT molecular complexity index is 784. The van der Waals surface area contributed by atoms with Gasteiger partial charge in [0.1, 0.15) is 0 Å². The average molecular weight is 446 g/mol. The molecule has 1 aromatic rings. The van der Waals surface area contributed by atoms with Gasteiger partial charge in [-0.15, -0.1) is 0 Å². The average Bonchev–Trinajstić information content (AvgIpc) is 2.83. The highest BCUT2D eigenvalue weighted by Gasteiger charge is 2.38. The number of methoxy groups -OCH3 is 1. The summed E-state index contributed by atoms with van der Waals surface area (Å²) in [4.78, 5) is 24.9. The fraction of sp³-hybridized carbons (Fsp3) is 0.600. The Morgan fingerprint density at radius 3 is 2.50 bits per heavy atom. The van der Waals surface area contributed by atoms with Gasteiger partial charge >= 0.3 is 5.97 Å². The first-order valence-corrected chi connectivity index (χ1v) is 11.7. The van der Waals surface area contributed by atoms with E-state index in [1.54, 1.807) is 12.1 Å². The summed E-state index contributed by atoms with van der Waals surface area (Å²) in [6, 6.07) is 7.39. The molecule has 7 nitrogen and oxygen atoms in total. The van der Waals surface area contributed by atoms with Crippen LogP contribution in [0.15, 0.2) is 36.1 Å². The van der Waals surface area contributed by atoms with Gasteiger partial charge in [0.25, 0.3) is 5.91 Å². The van der Waals surface area contributed by atoms with Crippen molar-refractivity contribution in [1.82, 2.24) is 5.32 Å². The maximum Gasteiger partial charge on any atom is 0.337 e. The lowest BCUT2D eigenvalue weighted by Gasteiger charge is -2.37. The smallest absolute Gasteiger partial charge is 0.337 e. The summed E-state index contributed by atoms with van der Waals surface area (Å²) in [6.07, 6.45) is 8.02. The molecule has 7 heteroatoms. The third-order valence-corrected chi connectivity index (χ3v) is 6.29. The molecule has 176 valence electrons. The molecule has 3 atom stereocenters. The van der Waals surface area contributed by atoms with Crippen LogP contribution < -0.4 is 5.32 Å². The molecule has 32 heavy (non-hydrogen) atoms. The van der Waals surface area contributed by atoms with Gasteiger partial charge in [-0.2, -0.15) is 0 Å². The molecular formula is C25H35NO6. The van der Waals surface area contributed by atoms with E-state index in [-0.39, 0.29) is 36.2 Å². The van der Waals surface area contributed by atoms with Crippen molar-refractivity contribution in [3.05, 3.63) is 47.2 Å². The minimum atomic E-state index is -0.589. The fourth-order valence-corrected chi connectivity index (χ4v) is 4.61. The number of amides is 1. The van der Waals surface area contributed by atoms with Crippen LogP contribution in [0.25, 0.3) is 0 Å². The van der Waals surface area contributed by atoms with Crippen LogP contribution in [-0.2, 0) is 19.0 Å². The van der Waals surface area contributed by atoms with Crippen LogP contribution in [-0.4, -0.2) is 49.6 Å². The summed E-state index contributed by atoms with van der Waals surface area (Å²) in [6.45, 7) is 2.42. The number of aliphatic hydroxyl groups is 1. The van der Waals surface area contributed by atoms with Gasteiger partial charge in [-0.25, -0.2) is 4.79 Å². The van der Waals surface area contributed by atoms with E-state index in [1.807, 2.05) is 25.1 Å². The Balaban J connectivity index is 1.88. The number of esters is 1. The van der Waals surface area contributed by atoms with Crippen LogP contribution in [0.4, 0.5) is 0 Å². The van der Waals surface area contributed by atoms with Crippen molar-refractivity contribution in [2.75, 3.05) is 20.3 Å². The van der Waals surface area contributed by atoms with Crippen molar-refractivity contribution < 1.29 is 28.9 Å². The Hall–Kier alpha value is -2.38. The van der Waals surface area contributed by atoms with Gasteiger partial charge in [0.2, 0.25) is 6.29 Å². The molecule has 1 aliphatic heterocycles. The molecule has 3 rings (SSSR count). The molecule has 0 unspecified atom stereocenters. The molecule has 0 spiro atoms. The molecule has 1 heterocycles. The highest BCUT2D eigenvalue weighted by molar-refractivity contribution is 5.92. The number of allylic oxidation sites excluding steroid dienone is 1. The summed E-state index contributed by atoms with van der Waals surface area (Å²) in [5.41, 5.74) is 1.42. The second-order valence-corrected chi connectivity index (χ2v) is 8.45. The van der Waals surface area contributed by atoms with E-state index in [2.05, 4.69) is 5.32 Å². The van der Waals surface area contributed by atoms with Gasteiger partial charge < -0.3 is 24.6 Å². The predicted octanol–water partition coefficient (Wildman–Crippen LogP) is 3.67. The lowest BCUT2D eigenvalue weighted by atomic mass is 9.80. The zero-order valence-corrected chi connectivity index (χ0v) is 19.0. The number of hydrogen-bond acceptors (Lipinski definition) is 6. The van der Waals surface area contributed by atoms with Crippen molar-refractivity contribution in [2.45, 2.75) is 70.1 Å². The second kappa shape index (κ2) is 12.0. The van der Waals surface area contributed by atoms with Crippen molar-refractivity contribution in [1.29, 1.82) is 0 Å². The van der Waals surface area contributed by atoms with Gasteiger partial charge in [0, 0.05) is 31.1 Å². The lowest BCUT2D eigenvalue weighted by Crippen LogP contribution is -2.42. The van der Waals surface area contributed by atoms with Crippen LogP contribution >= 0.6 is 0 Å². The third kappa shape index (κ3) is 6.11. The number of ether oxygens (including phenoxy) is 3. The minimum Gasteiger partial charge on any atom is -0.465 e. The standard InChI is InChI=1S/C25H35NO6/c1-3-31-25-20(10-7-15-27)21(17-11-13-18(14-12-17)24(29)30-2)16-22(32-25)23(28)26-19-8-5-4-6-9-19/h11-14,16,19-21,25,27H,3-10,15H2,1-2H3,(H,26,28)/t20-,21+,25+/m0/s1. The van der Waals surface area contributed by atoms with Crippen molar-refractivity contribution in [3.8, 4) is 0 Å². The fourth-order valence-electron chi connectivity index (χ4n) is 4.61. The number of rotatable bonds is 9. The number of carbonyl (C=O) groups excluding carboxylic acids is 2. The van der Waals surface area contributed by atoms with Gasteiger partial charge in [0.15, 0.2) is 5.76 Å². The van der Waals surface area contributed by atoms with Crippen LogP contribution in [0.5, 0.6) is 0 Å². The number of nitrogens with one attached hydrogen (secondary N) is 1. The molecule has 1 aromatic carbocycles. The topological polar surface area (TPSA) is 94.1 Å². The summed E-state index contributed by atoms with van der Waals surface area (Å²) < 4.78 is 16.7. The lowest BCUT2D eigenvalue weighted by molar-refractivity contribution is -0.166. The highest BCUT2D eigenvalue weighted by Crippen LogP contribution is 2.39. The maximum atomic E-state index is 13.0. The molecule has 0 radical (unpaired) electrons. The Kier molecular flexibility index (Phi) is 9.11. The van der Waals surface area contributed by atoms with Gasteiger partial charge in [-0.1, -0.05) is 31.4 Å². The minimum absolute atomic E-state index is 0.0715. The molecule has 1 amide bonds. The third-order valence-electron chi connectivity index (χ3n) is 6.29. The molecule has 0 aromatic heterocycles. The second-order valence-electron chi connectivity index (χ2n) is 8.45. The molecule has 2 N–H and O–H groups in total.